The van der Waals surface area contributed by atoms with Crippen LogP contribution in [-0.2, 0) is 29.4 Å². The number of hydrogen-bond donors (Lipinski definition) is 0. The lowest BCUT2D eigenvalue weighted by Gasteiger charge is -2.47. The molecule has 0 aromatic heterocycles. The number of piperidine rings is 1. The number of sulfone groups is 1. The first-order chi connectivity index (χ1) is 15.5. The Bertz CT molecular complexity index is 1400. The molecule has 2 aromatic carbocycles. The second-order valence-corrected chi connectivity index (χ2v) is 12.5. The van der Waals surface area contributed by atoms with E-state index in [2.05, 4.69) is 0 Å². The van der Waals surface area contributed by atoms with Crippen LogP contribution in [0.3, 0.4) is 0 Å². The van der Waals surface area contributed by atoms with E-state index in [1.165, 1.54) is 41.7 Å². The molecule has 2 fully saturated rings. The van der Waals surface area contributed by atoms with Crippen LogP contribution in [-0.4, -0.2) is 57.5 Å². The molecule has 3 heterocycles. The minimum absolute atomic E-state index is 0.00626. The molecule has 0 radical (unpaired) electrons. The third-order valence-corrected chi connectivity index (χ3v) is 10.7. The Labute approximate surface area is 192 Å². The molecule has 33 heavy (non-hydrogen) atoms. The van der Waals surface area contributed by atoms with Crippen molar-refractivity contribution in [2.24, 2.45) is 17.8 Å². The summed E-state index contributed by atoms with van der Waals surface area (Å²) in [5.41, 5.74) is 0.892. The SMILES string of the molecule is Cc1ccc(S(=O)(=O)N2C[C@H]3C(S(=O)(=O)c4ccccc4)=C[C@@H]2[C@@H]2C(=O)N(C)C(=O)[C@@H]23)cc1. The van der Waals surface area contributed by atoms with Gasteiger partial charge in [0, 0.05) is 19.5 Å². The average molecular weight is 487 g/mol. The van der Waals surface area contributed by atoms with E-state index in [9.17, 15) is 26.4 Å². The lowest BCUT2D eigenvalue weighted by molar-refractivity contribution is -0.138. The van der Waals surface area contributed by atoms with E-state index in [1.54, 1.807) is 30.3 Å². The third kappa shape index (κ3) is 3.12. The Kier molecular flexibility index (Phi) is 4.89. The molecule has 1 aliphatic carbocycles. The minimum Gasteiger partial charge on any atom is -0.285 e. The molecule has 0 N–H and O–H groups in total. The number of fused-ring (bicyclic) bond motifs is 1. The number of rotatable bonds is 4. The van der Waals surface area contributed by atoms with Crippen molar-refractivity contribution in [3.05, 3.63) is 71.1 Å². The average Bonchev–Trinajstić information content (AvgIpc) is 3.05. The molecule has 8 nitrogen and oxygen atoms in total. The standard InChI is InChI=1S/C23H22N2O6S2/c1-14-8-10-16(11-9-14)33(30,31)25-13-17-19(32(28,29)15-6-4-3-5-7-15)12-18(25)21-20(17)22(26)24(2)23(21)27/h3-12,17-18,20-21H,13H2,1-2H3/t17-,18+,20+,21-/m0/s1. The fourth-order valence-corrected chi connectivity index (χ4v) is 8.47. The third-order valence-electron chi connectivity index (χ3n) is 6.82. The molecule has 0 unspecified atom stereocenters. The van der Waals surface area contributed by atoms with Gasteiger partial charge in [-0.05, 0) is 31.2 Å². The van der Waals surface area contributed by atoms with Crippen molar-refractivity contribution in [3.8, 4) is 0 Å². The van der Waals surface area contributed by atoms with Crippen molar-refractivity contribution in [2.75, 3.05) is 13.6 Å². The molecule has 4 aliphatic rings. The summed E-state index contributed by atoms with van der Waals surface area (Å²) >= 11 is 0. The number of benzene rings is 2. The van der Waals surface area contributed by atoms with Crippen molar-refractivity contribution in [2.45, 2.75) is 22.8 Å². The maximum Gasteiger partial charge on any atom is 0.243 e. The van der Waals surface area contributed by atoms with Crippen molar-refractivity contribution >= 4 is 31.7 Å². The highest BCUT2D eigenvalue weighted by molar-refractivity contribution is 7.95. The molecule has 4 atom stereocenters. The van der Waals surface area contributed by atoms with Crippen LogP contribution in [0.2, 0.25) is 0 Å². The van der Waals surface area contributed by atoms with Crippen molar-refractivity contribution in [1.82, 2.24) is 9.21 Å². The molecule has 2 aromatic rings. The zero-order valence-corrected chi connectivity index (χ0v) is 19.6. The number of imide groups is 1. The maximum atomic E-state index is 13.5. The molecule has 2 amide bonds. The fourth-order valence-electron chi connectivity index (χ4n) is 5.13. The van der Waals surface area contributed by atoms with Crippen molar-refractivity contribution in [3.63, 3.8) is 0 Å². The van der Waals surface area contributed by atoms with E-state index in [4.69, 9.17) is 0 Å². The van der Waals surface area contributed by atoms with Crippen LogP contribution < -0.4 is 0 Å². The van der Waals surface area contributed by atoms with Gasteiger partial charge in [-0.1, -0.05) is 42.0 Å². The predicted octanol–water partition coefficient (Wildman–Crippen LogP) is 1.59. The van der Waals surface area contributed by atoms with Gasteiger partial charge >= 0.3 is 0 Å². The van der Waals surface area contributed by atoms with E-state index in [0.29, 0.717) is 0 Å². The number of sulfonamides is 1. The molecule has 0 spiro atoms. The van der Waals surface area contributed by atoms with Crippen LogP contribution in [0, 0.1) is 24.7 Å². The minimum atomic E-state index is -4.03. The first-order valence-corrected chi connectivity index (χ1v) is 13.4. The van der Waals surface area contributed by atoms with Gasteiger partial charge in [-0.15, -0.1) is 0 Å². The van der Waals surface area contributed by atoms with Gasteiger partial charge in [0.05, 0.1) is 32.6 Å². The molecule has 2 bridgehead atoms. The topological polar surface area (TPSA) is 109 Å². The number of hydrogen-bond acceptors (Lipinski definition) is 6. The summed E-state index contributed by atoms with van der Waals surface area (Å²) in [5.74, 6) is -3.77. The summed E-state index contributed by atoms with van der Waals surface area (Å²) in [6, 6.07) is 13.1. The zero-order chi connectivity index (χ0) is 23.7. The van der Waals surface area contributed by atoms with Crippen molar-refractivity contribution in [1.29, 1.82) is 0 Å². The zero-order valence-electron chi connectivity index (χ0n) is 18.0. The monoisotopic (exact) mass is 486 g/mol. The number of amides is 2. The molecular weight excluding hydrogens is 464 g/mol. The lowest BCUT2D eigenvalue weighted by Crippen LogP contribution is -2.59. The molecule has 2 saturated heterocycles. The Morgan fingerprint density at radius 2 is 1.42 bits per heavy atom. The van der Waals surface area contributed by atoms with Crippen LogP contribution in [0.15, 0.2) is 75.4 Å². The van der Waals surface area contributed by atoms with E-state index >= 15 is 0 Å². The van der Waals surface area contributed by atoms with Crippen LogP contribution in [0.5, 0.6) is 0 Å². The number of carbonyl (C=O) groups is 2. The summed E-state index contributed by atoms with van der Waals surface area (Å²) < 4.78 is 55.1. The number of carbonyl (C=O) groups excluding carboxylic acids is 2. The fraction of sp³-hybridized carbons (Fsp3) is 0.304. The summed E-state index contributed by atoms with van der Waals surface area (Å²) in [6.45, 7) is 1.65. The Hall–Kier alpha value is -2.82. The van der Waals surface area contributed by atoms with Gasteiger partial charge in [0.2, 0.25) is 31.7 Å². The van der Waals surface area contributed by atoms with E-state index < -0.39 is 55.5 Å². The quantitative estimate of drug-likeness (QED) is 0.607. The summed E-state index contributed by atoms with van der Waals surface area (Å²) in [4.78, 5) is 27.0. The Balaban J connectivity index is 1.66. The Morgan fingerprint density at radius 1 is 0.818 bits per heavy atom. The van der Waals surface area contributed by atoms with Crippen LogP contribution in [0.25, 0.3) is 0 Å². The van der Waals surface area contributed by atoms with Gasteiger partial charge in [-0.3, -0.25) is 14.5 Å². The highest BCUT2D eigenvalue weighted by Gasteiger charge is 2.63. The highest BCUT2D eigenvalue weighted by Crippen LogP contribution is 2.51. The van der Waals surface area contributed by atoms with Gasteiger partial charge in [0.15, 0.2) is 0 Å². The molecular formula is C23H22N2O6S2. The largest absolute Gasteiger partial charge is 0.285 e. The first-order valence-electron chi connectivity index (χ1n) is 10.5. The first kappa shape index (κ1) is 22.0. The van der Waals surface area contributed by atoms with E-state index in [-0.39, 0.29) is 21.2 Å². The summed E-state index contributed by atoms with van der Waals surface area (Å²) in [6.07, 6.45) is 1.37. The van der Waals surface area contributed by atoms with E-state index in [1.807, 2.05) is 6.92 Å². The van der Waals surface area contributed by atoms with Crippen molar-refractivity contribution < 1.29 is 26.4 Å². The molecule has 6 rings (SSSR count). The second kappa shape index (κ2) is 7.34. The normalized spacial score (nSPS) is 27.6. The van der Waals surface area contributed by atoms with Gasteiger partial charge in [0.25, 0.3) is 0 Å². The second-order valence-electron chi connectivity index (χ2n) is 8.66. The predicted molar refractivity (Wildman–Crippen MR) is 119 cm³/mol. The number of nitrogens with zero attached hydrogens (tertiary/aromatic N) is 2. The van der Waals surface area contributed by atoms with Gasteiger partial charge < -0.3 is 0 Å². The highest BCUT2D eigenvalue weighted by atomic mass is 32.2. The number of aryl methyl sites for hydroxylation is 1. The van der Waals surface area contributed by atoms with Crippen LogP contribution in [0.1, 0.15) is 5.56 Å². The lowest BCUT2D eigenvalue weighted by atomic mass is 9.71. The van der Waals surface area contributed by atoms with Gasteiger partial charge in [-0.25, -0.2) is 16.8 Å². The molecule has 10 heteroatoms. The molecule has 0 saturated carbocycles. The molecule has 172 valence electrons. The van der Waals surface area contributed by atoms with Crippen LogP contribution >= 0.6 is 0 Å². The van der Waals surface area contributed by atoms with E-state index in [0.717, 1.165) is 10.5 Å². The van der Waals surface area contributed by atoms with Crippen LogP contribution in [0.4, 0.5) is 0 Å². The van der Waals surface area contributed by atoms with Gasteiger partial charge in [0.1, 0.15) is 0 Å². The summed E-state index contributed by atoms with van der Waals surface area (Å²) in [7, 11) is -6.65. The summed E-state index contributed by atoms with van der Waals surface area (Å²) in [5, 5.41) is 0. The smallest absolute Gasteiger partial charge is 0.243 e. The molecule has 3 aliphatic heterocycles. The maximum absolute atomic E-state index is 13.5. The Morgan fingerprint density at radius 3 is 2.06 bits per heavy atom. The van der Waals surface area contributed by atoms with Gasteiger partial charge in [-0.2, -0.15) is 4.31 Å². The number of likely N-dealkylation sites (tertiary alicyclic amines) is 1.